The molecule has 1 atom stereocenters. The summed E-state index contributed by atoms with van der Waals surface area (Å²) in [5.74, 6) is -0.428. The Labute approximate surface area is 117 Å². The first kappa shape index (κ1) is 15.1. The molecule has 1 aliphatic rings. The van der Waals surface area contributed by atoms with Crippen LogP contribution in [0.4, 0.5) is 30.2 Å². The van der Waals surface area contributed by atoms with Crippen LogP contribution in [-0.4, -0.2) is 29.6 Å². The smallest absolute Gasteiger partial charge is 0.357 e. The minimum Gasteiger partial charge on any atom is -0.357 e. The van der Waals surface area contributed by atoms with Crippen molar-refractivity contribution >= 4 is 23.0 Å². The second-order valence-corrected chi connectivity index (χ2v) is 4.80. The minimum atomic E-state index is -4.48. The number of fused-ring (bicyclic) bond motifs is 1. The van der Waals surface area contributed by atoms with Gasteiger partial charge in [0.05, 0.1) is 16.3 Å². The van der Waals surface area contributed by atoms with Crippen LogP contribution in [0.3, 0.4) is 0 Å². The van der Waals surface area contributed by atoms with Gasteiger partial charge in [-0.3, -0.25) is 14.9 Å². The minimum absolute atomic E-state index is 0.000116. The van der Waals surface area contributed by atoms with E-state index in [0.717, 1.165) is 17.0 Å². The van der Waals surface area contributed by atoms with E-state index in [4.69, 9.17) is 0 Å². The summed E-state index contributed by atoms with van der Waals surface area (Å²) in [4.78, 5) is 22.7. The molecule has 21 heavy (non-hydrogen) atoms. The molecule has 6 nitrogen and oxygen atoms in total. The zero-order valence-corrected chi connectivity index (χ0v) is 11.0. The van der Waals surface area contributed by atoms with Crippen molar-refractivity contribution < 1.29 is 22.9 Å². The lowest BCUT2D eigenvalue weighted by atomic mass is 10.1. The number of amides is 1. The van der Waals surface area contributed by atoms with Gasteiger partial charge in [-0.15, -0.1) is 0 Å². The van der Waals surface area contributed by atoms with E-state index in [9.17, 15) is 28.1 Å². The fourth-order valence-corrected chi connectivity index (χ4v) is 2.23. The van der Waals surface area contributed by atoms with Crippen LogP contribution in [0.15, 0.2) is 18.2 Å². The predicted octanol–water partition coefficient (Wildman–Crippen LogP) is 2.69. The van der Waals surface area contributed by atoms with E-state index in [1.165, 1.54) is 13.0 Å². The van der Waals surface area contributed by atoms with Gasteiger partial charge in [0.1, 0.15) is 6.54 Å². The highest BCUT2D eigenvalue weighted by Gasteiger charge is 2.36. The van der Waals surface area contributed by atoms with Gasteiger partial charge < -0.3 is 10.2 Å². The van der Waals surface area contributed by atoms with Crippen LogP contribution in [0, 0.1) is 10.1 Å². The summed E-state index contributed by atoms with van der Waals surface area (Å²) in [6, 6.07) is 2.70. The van der Waals surface area contributed by atoms with E-state index in [2.05, 4.69) is 5.32 Å². The molecular formula is C12H12F3N3O3. The van der Waals surface area contributed by atoms with Crippen molar-refractivity contribution in [3.8, 4) is 0 Å². The highest BCUT2D eigenvalue weighted by Crippen LogP contribution is 2.36. The Morgan fingerprint density at radius 3 is 2.71 bits per heavy atom. The first-order valence-electron chi connectivity index (χ1n) is 6.09. The molecule has 1 heterocycles. The maximum Gasteiger partial charge on any atom is 0.405 e. The first-order valence-corrected chi connectivity index (χ1v) is 6.09. The molecule has 0 radical (unpaired) electrons. The molecule has 1 aliphatic heterocycles. The molecule has 0 aromatic heterocycles. The Morgan fingerprint density at radius 2 is 2.14 bits per heavy atom. The SMILES string of the molecule is CC1CC(=O)Nc2ccc([N+](=O)[O-])cc2N1CC(F)(F)F. The fourth-order valence-electron chi connectivity index (χ4n) is 2.23. The van der Waals surface area contributed by atoms with Gasteiger partial charge in [-0.2, -0.15) is 13.2 Å². The molecule has 114 valence electrons. The maximum absolute atomic E-state index is 12.7. The number of nitrogens with one attached hydrogen (secondary N) is 1. The highest BCUT2D eigenvalue weighted by molar-refractivity contribution is 5.97. The molecule has 0 fully saturated rings. The Morgan fingerprint density at radius 1 is 1.48 bits per heavy atom. The second-order valence-electron chi connectivity index (χ2n) is 4.80. The summed E-state index contributed by atoms with van der Waals surface area (Å²) in [6.45, 7) is 0.191. The molecule has 1 aromatic carbocycles. The molecule has 2 rings (SSSR count). The van der Waals surface area contributed by atoms with Crippen LogP contribution in [0.25, 0.3) is 0 Å². The fraction of sp³-hybridized carbons (Fsp3) is 0.417. The van der Waals surface area contributed by atoms with Gasteiger partial charge in [-0.05, 0) is 13.0 Å². The van der Waals surface area contributed by atoms with Gasteiger partial charge in [0, 0.05) is 24.6 Å². The lowest BCUT2D eigenvalue weighted by molar-refractivity contribution is -0.384. The third-order valence-electron chi connectivity index (χ3n) is 3.14. The number of nitro benzene ring substituents is 1. The van der Waals surface area contributed by atoms with E-state index in [0.29, 0.717) is 0 Å². The molecule has 9 heteroatoms. The summed E-state index contributed by atoms with van der Waals surface area (Å²) in [7, 11) is 0. The van der Waals surface area contributed by atoms with Crippen LogP contribution in [0.2, 0.25) is 0 Å². The normalized spacial score (nSPS) is 18.8. The van der Waals surface area contributed by atoms with Crippen LogP contribution >= 0.6 is 0 Å². The highest BCUT2D eigenvalue weighted by atomic mass is 19.4. The third kappa shape index (κ3) is 3.41. The average Bonchev–Trinajstić information content (AvgIpc) is 2.44. The maximum atomic E-state index is 12.7. The number of alkyl halides is 3. The number of non-ortho nitro benzene ring substituents is 1. The monoisotopic (exact) mass is 303 g/mol. The van der Waals surface area contributed by atoms with Crippen molar-refractivity contribution in [2.75, 3.05) is 16.8 Å². The summed E-state index contributed by atoms with van der Waals surface area (Å²) in [6.07, 6.45) is -4.61. The zero-order chi connectivity index (χ0) is 15.8. The van der Waals surface area contributed by atoms with E-state index >= 15 is 0 Å². The summed E-state index contributed by atoms with van der Waals surface area (Å²) in [5.41, 5.74) is -0.191. The van der Waals surface area contributed by atoms with Crippen molar-refractivity contribution in [2.45, 2.75) is 25.6 Å². The molecule has 0 bridgehead atoms. The second kappa shape index (κ2) is 5.23. The predicted molar refractivity (Wildman–Crippen MR) is 69.2 cm³/mol. The molecule has 0 saturated carbocycles. The Hall–Kier alpha value is -2.32. The van der Waals surface area contributed by atoms with Crippen LogP contribution in [-0.2, 0) is 4.79 Å². The largest absolute Gasteiger partial charge is 0.405 e. The zero-order valence-electron chi connectivity index (χ0n) is 11.0. The number of nitrogens with zero attached hydrogens (tertiary/aromatic N) is 2. The number of nitro groups is 1. The third-order valence-corrected chi connectivity index (χ3v) is 3.14. The van der Waals surface area contributed by atoms with Crippen molar-refractivity contribution in [3.05, 3.63) is 28.3 Å². The summed E-state index contributed by atoms with van der Waals surface area (Å²) < 4.78 is 38.1. The molecule has 1 N–H and O–H groups in total. The number of carbonyl (C=O) groups excluding carboxylic acids is 1. The number of halogens is 3. The Kier molecular flexibility index (Phi) is 3.75. The lowest BCUT2D eigenvalue weighted by Crippen LogP contribution is -2.40. The summed E-state index contributed by atoms with van der Waals surface area (Å²) >= 11 is 0. The number of carbonyl (C=O) groups is 1. The number of hydrogen-bond acceptors (Lipinski definition) is 4. The van der Waals surface area contributed by atoms with Crippen LogP contribution < -0.4 is 10.2 Å². The Balaban J connectivity index is 2.51. The van der Waals surface area contributed by atoms with Gasteiger partial charge in [0.25, 0.3) is 5.69 Å². The Bertz CT molecular complexity index is 589. The molecule has 0 aliphatic carbocycles. The van der Waals surface area contributed by atoms with E-state index in [-0.39, 0.29) is 23.5 Å². The molecule has 1 unspecified atom stereocenters. The van der Waals surface area contributed by atoms with Crippen LogP contribution in [0.5, 0.6) is 0 Å². The average molecular weight is 303 g/mol. The standard InChI is InChI=1S/C12H12F3N3O3/c1-7-4-11(19)16-9-3-2-8(18(20)21)5-10(9)17(7)6-12(13,14)15/h2-3,5,7H,4,6H2,1H3,(H,16,19). The first-order chi connectivity index (χ1) is 9.67. The lowest BCUT2D eigenvalue weighted by Gasteiger charge is -2.30. The number of anilines is 2. The van der Waals surface area contributed by atoms with E-state index in [1.54, 1.807) is 0 Å². The molecule has 0 spiro atoms. The van der Waals surface area contributed by atoms with Crippen molar-refractivity contribution in [1.82, 2.24) is 0 Å². The molecule has 1 aromatic rings. The number of rotatable bonds is 2. The van der Waals surface area contributed by atoms with Crippen molar-refractivity contribution in [1.29, 1.82) is 0 Å². The van der Waals surface area contributed by atoms with E-state index in [1.807, 2.05) is 0 Å². The molecular weight excluding hydrogens is 291 g/mol. The molecule has 0 saturated heterocycles. The quantitative estimate of drug-likeness (QED) is 0.673. The van der Waals surface area contributed by atoms with Gasteiger partial charge in [0.2, 0.25) is 5.91 Å². The van der Waals surface area contributed by atoms with Gasteiger partial charge in [0.15, 0.2) is 0 Å². The van der Waals surface area contributed by atoms with Gasteiger partial charge in [-0.25, -0.2) is 0 Å². The van der Waals surface area contributed by atoms with Gasteiger partial charge in [-0.1, -0.05) is 0 Å². The van der Waals surface area contributed by atoms with E-state index < -0.39 is 29.6 Å². The van der Waals surface area contributed by atoms with Crippen molar-refractivity contribution in [3.63, 3.8) is 0 Å². The number of hydrogen-bond donors (Lipinski definition) is 1. The van der Waals surface area contributed by atoms with Gasteiger partial charge >= 0.3 is 6.18 Å². The summed E-state index contributed by atoms with van der Waals surface area (Å²) in [5, 5.41) is 13.3. The van der Waals surface area contributed by atoms with Crippen LogP contribution in [0.1, 0.15) is 13.3 Å². The molecule has 1 amide bonds. The number of benzene rings is 1. The van der Waals surface area contributed by atoms with Crippen molar-refractivity contribution in [2.24, 2.45) is 0 Å². The topological polar surface area (TPSA) is 75.5 Å².